The molecule has 32 heavy (non-hydrogen) atoms. The summed E-state index contributed by atoms with van der Waals surface area (Å²) in [7, 11) is -0.442. The molecule has 2 aliphatic rings. The van der Waals surface area contributed by atoms with Crippen molar-refractivity contribution in [1.82, 2.24) is 10.2 Å². The lowest BCUT2D eigenvalue weighted by molar-refractivity contribution is 0.00578. The fourth-order valence-electron chi connectivity index (χ4n) is 3.90. The van der Waals surface area contributed by atoms with Gasteiger partial charge in [-0.05, 0) is 84.8 Å². The van der Waals surface area contributed by atoms with Crippen molar-refractivity contribution in [2.75, 3.05) is 19.6 Å². The summed E-state index contributed by atoms with van der Waals surface area (Å²) in [5.74, 6) is 0.219. The molecule has 2 aliphatic heterocycles. The van der Waals surface area contributed by atoms with Crippen LogP contribution in [0.15, 0.2) is 24.3 Å². The van der Waals surface area contributed by atoms with Crippen molar-refractivity contribution in [2.45, 2.75) is 78.1 Å². The Bertz CT molecular complexity index is 816. The van der Waals surface area contributed by atoms with Gasteiger partial charge in [0.1, 0.15) is 5.60 Å². The molecule has 0 spiro atoms. The van der Waals surface area contributed by atoms with Crippen molar-refractivity contribution in [1.29, 1.82) is 0 Å². The van der Waals surface area contributed by atoms with Gasteiger partial charge in [0.2, 0.25) is 0 Å². The summed E-state index contributed by atoms with van der Waals surface area (Å²) in [6.07, 6.45) is 1.47. The van der Waals surface area contributed by atoms with Crippen LogP contribution in [0.3, 0.4) is 0 Å². The molecule has 176 valence electrons. The third-order valence-electron chi connectivity index (χ3n) is 6.42. The van der Waals surface area contributed by atoms with Crippen LogP contribution in [0.4, 0.5) is 4.79 Å². The van der Waals surface area contributed by atoms with E-state index in [4.69, 9.17) is 14.0 Å². The lowest BCUT2D eigenvalue weighted by Crippen LogP contribution is -2.44. The van der Waals surface area contributed by atoms with E-state index in [1.807, 2.05) is 77.6 Å². The highest BCUT2D eigenvalue weighted by molar-refractivity contribution is 6.62. The number of hydrogen-bond acceptors (Lipinski definition) is 5. The Hall–Kier alpha value is -2.06. The van der Waals surface area contributed by atoms with Gasteiger partial charge in [0.05, 0.1) is 11.2 Å². The summed E-state index contributed by atoms with van der Waals surface area (Å²) < 4.78 is 17.5. The van der Waals surface area contributed by atoms with Gasteiger partial charge >= 0.3 is 13.2 Å². The predicted molar refractivity (Wildman–Crippen MR) is 125 cm³/mol. The van der Waals surface area contributed by atoms with Gasteiger partial charge in [0, 0.05) is 25.2 Å². The van der Waals surface area contributed by atoms with Gasteiger partial charge in [-0.1, -0.05) is 12.1 Å². The van der Waals surface area contributed by atoms with Crippen LogP contribution in [-0.2, 0) is 14.0 Å². The third kappa shape index (κ3) is 5.84. The van der Waals surface area contributed by atoms with Crippen molar-refractivity contribution in [3.8, 4) is 0 Å². The zero-order chi connectivity index (χ0) is 23.7. The number of carbonyl (C=O) groups is 2. The Balaban J connectivity index is 1.56. The molecule has 0 radical (unpaired) electrons. The van der Waals surface area contributed by atoms with Crippen LogP contribution in [0.1, 0.15) is 71.7 Å². The minimum absolute atomic E-state index is 0.00689. The summed E-state index contributed by atoms with van der Waals surface area (Å²) >= 11 is 0. The van der Waals surface area contributed by atoms with Crippen LogP contribution in [0.5, 0.6) is 0 Å². The molecule has 1 atom stereocenters. The maximum atomic E-state index is 13.1. The number of rotatable bonds is 4. The zero-order valence-corrected chi connectivity index (χ0v) is 20.5. The molecular formula is C24H37BN2O5. The van der Waals surface area contributed by atoms with Gasteiger partial charge in [-0.25, -0.2) is 4.79 Å². The molecule has 8 heteroatoms. The number of carbonyl (C=O) groups excluding carboxylic acids is 2. The van der Waals surface area contributed by atoms with Crippen LogP contribution >= 0.6 is 0 Å². The van der Waals surface area contributed by atoms with Crippen LogP contribution in [0, 0.1) is 5.92 Å². The Morgan fingerprint density at radius 3 is 2.28 bits per heavy atom. The Morgan fingerprint density at radius 1 is 1.12 bits per heavy atom. The molecule has 1 aromatic carbocycles. The Morgan fingerprint density at radius 2 is 1.72 bits per heavy atom. The van der Waals surface area contributed by atoms with Crippen LogP contribution in [-0.4, -0.2) is 60.5 Å². The summed E-state index contributed by atoms with van der Waals surface area (Å²) in [5, 5.41) is 2.83. The second-order valence-electron chi connectivity index (χ2n) is 10.9. The zero-order valence-electron chi connectivity index (χ0n) is 20.5. The molecule has 2 fully saturated rings. The molecule has 2 amide bonds. The Kier molecular flexibility index (Phi) is 6.96. The van der Waals surface area contributed by atoms with Crippen molar-refractivity contribution < 1.29 is 23.6 Å². The number of piperidine rings is 1. The Labute approximate surface area is 192 Å². The highest BCUT2D eigenvalue weighted by Gasteiger charge is 2.51. The minimum Gasteiger partial charge on any atom is -0.444 e. The summed E-state index contributed by atoms with van der Waals surface area (Å²) in [6, 6.07) is 7.48. The molecule has 0 saturated carbocycles. The largest absolute Gasteiger partial charge is 0.494 e. The van der Waals surface area contributed by atoms with E-state index >= 15 is 0 Å². The molecule has 0 aromatic heterocycles. The smallest absolute Gasteiger partial charge is 0.444 e. The maximum absolute atomic E-state index is 13.1. The molecule has 2 heterocycles. The minimum atomic E-state index is -0.523. The number of amides is 2. The van der Waals surface area contributed by atoms with Crippen LogP contribution in [0.25, 0.3) is 0 Å². The first-order chi connectivity index (χ1) is 14.8. The highest BCUT2D eigenvalue weighted by Crippen LogP contribution is 2.36. The maximum Gasteiger partial charge on any atom is 0.494 e. The van der Waals surface area contributed by atoms with Crippen molar-refractivity contribution >= 4 is 24.6 Å². The monoisotopic (exact) mass is 444 g/mol. The van der Waals surface area contributed by atoms with E-state index in [0.29, 0.717) is 18.7 Å². The van der Waals surface area contributed by atoms with Crippen LogP contribution in [0.2, 0.25) is 0 Å². The number of nitrogens with zero attached hydrogens (tertiary/aromatic N) is 1. The summed E-state index contributed by atoms with van der Waals surface area (Å²) in [6.45, 7) is 15.5. The van der Waals surface area contributed by atoms with Crippen molar-refractivity contribution in [3.05, 3.63) is 29.8 Å². The van der Waals surface area contributed by atoms with Gasteiger partial charge in [-0.3, -0.25) is 4.79 Å². The number of alkyl carbamates (subject to hydrolysis) is 1. The second-order valence-corrected chi connectivity index (χ2v) is 10.9. The number of likely N-dealkylation sites (tertiary alicyclic amines) is 1. The number of nitrogens with one attached hydrogen (secondary N) is 1. The first kappa shape index (κ1) is 24.6. The molecule has 0 bridgehead atoms. The normalized spacial score (nSPS) is 22.5. The highest BCUT2D eigenvalue weighted by atomic mass is 16.7. The van der Waals surface area contributed by atoms with Gasteiger partial charge in [-0.15, -0.1) is 0 Å². The number of hydrogen-bond donors (Lipinski definition) is 1. The average molecular weight is 444 g/mol. The standard InChI is InChI=1S/C24H37BN2O5/c1-22(2,3)30-21(29)26-15-17-9-8-14-27(16-17)20(28)18-10-12-19(13-11-18)25-31-23(4,5)24(6,7)32-25/h10-13,17H,8-9,14-16H2,1-7H3,(H,26,29). The molecule has 0 aliphatic carbocycles. The first-order valence-electron chi connectivity index (χ1n) is 11.5. The third-order valence-corrected chi connectivity index (χ3v) is 6.42. The average Bonchev–Trinajstić information content (AvgIpc) is 2.92. The van der Waals surface area contributed by atoms with Gasteiger partial charge in [0.15, 0.2) is 0 Å². The molecule has 1 N–H and O–H groups in total. The fraction of sp³-hybridized carbons (Fsp3) is 0.667. The molecule has 1 unspecified atom stereocenters. The van der Waals surface area contributed by atoms with Gasteiger partial charge in [-0.2, -0.15) is 0 Å². The lowest BCUT2D eigenvalue weighted by Gasteiger charge is -2.33. The van der Waals surface area contributed by atoms with Gasteiger partial charge in [0.25, 0.3) is 5.91 Å². The lowest BCUT2D eigenvalue weighted by atomic mass is 9.79. The molecular weight excluding hydrogens is 407 g/mol. The molecule has 7 nitrogen and oxygen atoms in total. The topological polar surface area (TPSA) is 77.1 Å². The van der Waals surface area contributed by atoms with E-state index in [1.54, 1.807) is 0 Å². The van der Waals surface area contributed by atoms with E-state index < -0.39 is 30.0 Å². The molecule has 3 rings (SSSR count). The number of ether oxygens (including phenoxy) is 1. The van der Waals surface area contributed by atoms with Gasteiger partial charge < -0.3 is 24.3 Å². The quantitative estimate of drug-likeness (QED) is 0.721. The molecule has 2 saturated heterocycles. The van der Waals surface area contributed by atoms with E-state index in [1.165, 1.54) is 0 Å². The predicted octanol–water partition coefficient (Wildman–Crippen LogP) is 3.36. The van der Waals surface area contributed by atoms with E-state index in [-0.39, 0.29) is 11.8 Å². The van der Waals surface area contributed by atoms with E-state index in [0.717, 1.165) is 24.8 Å². The fourth-order valence-corrected chi connectivity index (χ4v) is 3.90. The second kappa shape index (κ2) is 9.06. The van der Waals surface area contributed by atoms with Crippen LogP contribution < -0.4 is 10.8 Å². The number of benzene rings is 1. The molecule has 1 aromatic rings. The SMILES string of the molecule is CC(C)(C)OC(=O)NCC1CCCN(C(=O)c2ccc(B3OC(C)(C)C(C)(C)O3)cc2)C1. The summed E-state index contributed by atoms with van der Waals surface area (Å²) in [4.78, 5) is 26.9. The van der Waals surface area contributed by atoms with E-state index in [2.05, 4.69) is 5.32 Å². The first-order valence-corrected chi connectivity index (χ1v) is 11.5. The van der Waals surface area contributed by atoms with Crippen molar-refractivity contribution in [3.63, 3.8) is 0 Å². The van der Waals surface area contributed by atoms with Crippen molar-refractivity contribution in [2.24, 2.45) is 5.92 Å². The summed E-state index contributed by atoms with van der Waals surface area (Å²) in [5.41, 5.74) is 0.222. The van der Waals surface area contributed by atoms with E-state index in [9.17, 15) is 9.59 Å².